The molecule has 1 aromatic rings. The lowest BCUT2D eigenvalue weighted by molar-refractivity contribution is -0.141. The van der Waals surface area contributed by atoms with E-state index in [-0.39, 0.29) is 21.0 Å². The number of rotatable bonds is 8. The predicted molar refractivity (Wildman–Crippen MR) is 88.0 cm³/mol. The van der Waals surface area contributed by atoms with Crippen LogP contribution in [0.2, 0.25) is 0 Å². The number of ether oxygens (including phenoxy) is 3. The van der Waals surface area contributed by atoms with Crippen LogP contribution in [0.4, 0.5) is 5.00 Å². The number of carboxylic acid groups (broad SMARTS) is 1. The van der Waals surface area contributed by atoms with Crippen molar-refractivity contribution in [2.75, 3.05) is 39.3 Å². The van der Waals surface area contributed by atoms with Crippen molar-refractivity contribution < 1.29 is 38.5 Å². The molecule has 0 saturated heterocycles. The molecule has 140 valence electrons. The minimum atomic E-state index is -1.35. The fraction of sp³-hybridized carbons (Fsp3) is 0.400. The highest BCUT2D eigenvalue weighted by Crippen LogP contribution is 2.36. The van der Waals surface area contributed by atoms with Gasteiger partial charge in [0.25, 0.3) is 0 Å². The molecule has 11 heteroatoms. The molecule has 0 aliphatic heterocycles. The summed E-state index contributed by atoms with van der Waals surface area (Å²) in [4.78, 5) is 47.2. The number of carboxylic acids is 1. The predicted octanol–water partition coefficient (Wildman–Crippen LogP) is 0.186. The van der Waals surface area contributed by atoms with Gasteiger partial charge in [-0.15, -0.1) is 11.3 Å². The van der Waals surface area contributed by atoms with Gasteiger partial charge in [-0.25, -0.2) is 4.79 Å². The van der Waals surface area contributed by atoms with Gasteiger partial charge in [0, 0.05) is 5.56 Å². The molecule has 0 unspecified atom stereocenters. The van der Waals surface area contributed by atoms with Crippen molar-refractivity contribution in [3.63, 3.8) is 0 Å². The van der Waals surface area contributed by atoms with Crippen LogP contribution in [0.15, 0.2) is 0 Å². The number of nitrogens with zero attached hydrogens (tertiary/aromatic N) is 2. The zero-order valence-electron chi connectivity index (χ0n) is 14.2. The molecule has 1 heterocycles. The Morgan fingerprint density at radius 1 is 1.04 bits per heavy atom. The van der Waals surface area contributed by atoms with Gasteiger partial charge in [-0.2, -0.15) is 5.26 Å². The molecule has 0 aliphatic carbocycles. The van der Waals surface area contributed by atoms with Crippen LogP contribution in [0.3, 0.4) is 0 Å². The minimum Gasteiger partial charge on any atom is -0.477 e. The first-order valence-electron chi connectivity index (χ1n) is 7.03. The SMILES string of the molecule is COC(=O)Cc1c(C(=O)O)sc(N(CC(=O)OC)CC(=O)OC)c1C#N. The zero-order valence-corrected chi connectivity index (χ0v) is 15.0. The van der Waals surface area contributed by atoms with Crippen LogP contribution in [0.25, 0.3) is 0 Å². The minimum absolute atomic E-state index is 0.0413. The van der Waals surface area contributed by atoms with Gasteiger partial charge in [-0.05, 0) is 0 Å². The Morgan fingerprint density at radius 2 is 1.54 bits per heavy atom. The number of hydrogen-bond donors (Lipinski definition) is 1. The topological polar surface area (TPSA) is 143 Å². The van der Waals surface area contributed by atoms with Crippen LogP contribution in [-0.2, 0) is 35.0 Å². The Kier molecular flexibility index (Phi) is 7.54. The number of carbonyl (C=O) groups is 4. The lowest BCUT2D eigenvalue weighted by atomic mass is 10.1. The highest BCUT2D eigenvalue weighted by molar-refractivity contribution is 7.18. The molecule has 1 aromatic heterocycles. The second-order valence-electron chi connectivity index (χ2n) is 4.77. The smallest absolute Gasteiger partial charge is 0.346 e. The summed E-state index contributed by atoms with van der Waals surface area (Å²) in [7, 11) is 3.41. The molecule has 0 fully saturated rings. The van der Waals surface area contributed by atoms with Gasteiger partial charge in [0.15, 0.2) is 0 Å². The summed E-state index contributed by atoms with van der Waals surface area (Å²) in [6, 6.07) is 1.83. The third-order valence-corrected chi connectivity index (χ3v) is 4.51. The highest BCUT2D eigenvalue weighted by atomic mass is 32.1. The fourth-order valence-electron chi connectivity index (χ4n) is 1.99. The maximum Gasteiger partial charge on any atom is 0.346 e. The Hall–Kier alpha value is -3.13. The maximum atomic E-state index is 11.6. The average Bonchev–Trinajstić information content (AvgIpc) is 2.98. The molecule has 0 aliphatic rings. The summed E-state index contributed by atoms with van der Waals surface area (Å²) in [5, 5.41) is 18.9. The molecule has 0 atom stereocenters. The molecule has 0 radical (unpaired) electrons. The van der Waals surface area contributed by atoms with Crippen LogP contribution >= 0.6 is 11.3 Å². The molecule has 10 nitrogen and oxygen atoms in total. The molecule has 0 bridgehead atoms. The molecule has 0 aromatic carbocycles. The summed E-state index contributed by atoms with van der Waals surface area (Å²) < 4.78 is 13.6. The average molecular weight is 384 g/mol. The van der Waals surface area contributed by atoms with Gasteiger partial charge in [0.05, 0.1) is 33.3 Å². The highest BCUT2D eigenvalue weighted by Gasteiger charge is 2.29. The van der Waals surface area contributed by atoms with Gasteiger partial charge in [0.2, 0.25) is 0 Å². The van der Waals surface area contributed by atoms with E-state index in [1.165, 1.54) is 0 Å². The lowest BCUT2D eigenvalue weighted by Crippen LogP contribution is -2.35. The number of hydrogen-bond acceptors (Lipinski definition) is 10. The van der Waals surface area contributed by atoms with E-state index in [0.717, 1.165) is 26.2 Å². The third-order valence-electron chi connectivity index (χ3n) is 3.23. The van der Waals surface area contributed by atoms with Crippen molar-refractivity contribution in [1.29, 1.82) is 5.26 Å². The molecular weight excluding hydrogens is 368 g/mol. The van der Waals surface area contributed by atoms with Gasteiger partial charge >= 0.3 is 23.9 Å². The number of nitriles is 1. The van der Waals surface area contributed by atoms with Gasteiger partial charge < -0.3 is 24.2 Å². The molecule has 0 spiro atoms. The fourth-order valence-corrected chi connectivity index (χ4v) is 3.10. The molecular formula is C15H16N2O8S. The zero-order chi connectivity index (χ0) is 19.9. The first-order valence-corrected chi connectivity index (χ1v) is 7.85. The molecule has 0 amide bonds. The summed E-state index contributed by atoms with van der Waals surface area (Å²) in [5.41, 5.74) is -0.183. The van der Waals surface area contributed by atoms with Crippen LogP contribution < -0.4 is 4.90 Å². The van der Waals surface area contributed by atoms with E-state index in [9.17, 15) is 29.5 Å². The van der Waals surface area contributed by atoms with Gasteiger partial charge in [0.1, 0.15) is 29.0 Å². The van der Waals surface area contributed by atoms with E-state index < -0.39 is 43.4 Å². The summed E-state index contributed by atoms with van der Waals surface area (Å²) in [5.74, 6) is -3.51. The molecule has 0 saturated carbocycles. The van der Waals surface area contributed by atoms with Crippen molar-refractivity contribution in [2.24, 2.45) is 0 Å². The quantitative estimate of drug-likeness (QED) is 0.487. The largest absolute Gasteiger partial charge is 0.477 e. The maximum absolute atomic E-state index is 11.6. The normalized spacial score (nSPS) is 9.77. The Bertz CT molecular complexity index is 746. The first kappa shape index (κ1) is 20.9. The van der Waals surface area contributed by atoms with E-state index in [1.54, 1.807) is 0 Å². The number of anilines is 1. The van der Waals surface area contributed by atoms with Crippen LogP contribution in [0, 0.1) is 11.3 Å². The Morgan fingerprint density at radius 3 is 1.92 bits per heavy atom. The van der Waals surface area contributed by atoms with E-state index in [0.29, 0.717) is 11.3 Å². The lowest BCUT2D eigenvalue weighted by Gasteiger charge is -2.20. The van der Waals surface area contributed by atoms with Crippen LogP contribution in [-0.4, -0.2) is 63.4 Å². The number of methoxy groups -OCH3 is 3. The third kappa shape index (κ3) is 4.93. The molecule has 1 rings (SSSR count). The van der Waals surface area contributed by atoms with E-state index in [4.69, 9.17) is 0 Å². The summed E-state index contributed by atoms with van der Waals surface area (Å²) in [6.07, 6.45) is -0.443. The second-order valence-corrected chi connectivity index (χ2v) is 5.77. The van der Waals surface area contributed by atoms with Crippen molar-refractivity contribution in [2.45, 2.75) is 6.42 Å². The van der Waals surface area contributed by atoms with Crippen LogP contribution in [0.5, 0.6) is 0 Å². The van der Waals surface area contributed by atoms with Crippen molar-refractivity contribution >= 4 is 40.2 Å². The number of esters is 3. The molecule has 1 N–H and O–H groups in total. The first-order chi connectivity index (χ1) is 12.3. The van der Waals surface area contributed by atoms with Crippen molar-refractivity contribution in [1.82, 2.24) is 0 Å². The molecule has 26 heavy (non-hydrogen) atoms. The summed E-state index contributed by atoms with van der Waals surface area (Å²) in [6.45, 7) is -0.838. The Labute approximate surface area is 152 Å². The van der Waals surface area contributed by atoms with Crippen molar-refractivity contribution in [3.05, 3.63) is 16.0 Å². The van der Waals surface area contributed by atoms with E-state index in [1.807, 2.05) is 6.07 Å². The summed E-state index contributed by atoms with van der Waals surface area (Å²) >= 11 is 0.665. The standard InChI is InChI=1S/C15H16N2O8S/c1-23-10(18)4-8-9(5-16)14(26-13(8)15(21)22)17(6-11(19)24-2)7-12(20)25-3/h4,6-7H2,1-3H3,(H,21,22). The monoisotopic (exact) mass is 384 g/mol. The number of aromatic carboxylic acids is 1. The number of thiophene rings is 1. The van der Waals surface area contributed by atoms with Crippen molar-refractivity contribution in [3.8, 4) is 6.07 Å². The van der Waals surface area contributed by atoms with Crippen LogP contribution in [0.1, 0.15) is 20.8 Å². The number of carbonyl (C=O) groups excluding carboxylic acids is 3. The van der Waals surface area contributed by atoms with E-state index >= 15 is 0 Å². The van der Waals surface area contributed by atoms with Gasteiger partial charge in [-0.1, -0.05) is 0 Å². The second kappa shape index (κ2) is 9.38. The van der Waals surface area contributed by atoms with Gasteiger partial charge in [-0.3, -0.25) is 14.4 Å². The van der Waals surface area contributed by atoms with E-state index in [2.05, 4.69) is 14.2 Å². The Balaban J connectivity index is 3.49.